The fourth-order valence-electron chi connectivity index (χ4n) is 3.11. The van der Waals surface area contributed by atoms with Gasteiger partial charge in [0.2, 0.25) is 15.9 Å². The molecule has 0 radical (unpaired) electrons. The molecule has 1 saturated heterocycles. The monoisotopic (exact) mass is 398 g/mol. The van der Waals surface area contributed by atoms with Crippen molar-refractivity contribution in [1.29, 1.82) is 0 Å². The van der Waals surface area contributed by atoms with Crippen LogP contribution in [-0.4, -0.2) is 64.3 Å². The molecular weight excluding hydrogens is 372 g/mol. The molecule has 2 aliphatic rings. The van der Waals surface area contributed by atoms with Gasteiger partial charge in [-0.05, 0) is 25.0 Å². The van der Waals surface area contributed by atoms with Crippen LogP contribution in [-0.2, 0) is 19.6 Å². The van der Waals surface area contributed by atoms with Gasteiger partial charge in [0.15, 0.2) is 11.5 Å². The van der Waals surface area contributed by atoms with E-state index in [1.165, 1.54) is 12.1 Å². The van der Waals surface area contributed by atoms with Gasteiger partial charge in [-0.15, -0.1) is 0 Å². The molecule has 0 aromatic heterocycles. The van der Waals surface area contributed by atoms with Crippen LogP contribution in [0.2, 0.25) is 0 Å². The summed E-state index contributed by atoms with van der Waals surface area (Å²) in [6, 6.07) is 3.59. The van der Waals surface area contributed by atoms with Crippen LogP contribution in [0.5, 0.6) is 11.5 Å². The van der Waals surface area contributed by atoms with Gasteiger partial charge in [-0.2, -0.15) is 4.72 Å². The molecule has 2 aliphatic heterocycles. The van der Waals surface area contributed by atoms with E-state index in [9.17, 15) is 13.2 Å². The van der Waals surface area contributed by atoms with Crippen LogP contribution in [0, 0.1) is 5.92 Å². The molecule has 150 valence electrons. The van der Waals surface area contributed by atoms with E-state index in [2.05, 4.69) is 4.72 Å². The summed E-state index contributed by atoms with van der Waals surface area (Å²) in [4.78, 5) is 14.6. The van der Waals surface area contributed by atoms with Crippen molar-refractivity contribution in [2.45, 2.75) is 37.8 Å². The molecule has 1 aromatic carbocycles. The number of morpholine rings is 1. The lowest BCUT2D eigenvalue weighted by atomic mass is 10.0. The summed E-state index contributed by atoms with van der Waals surface area (Å²) in [5.41, 5.74) is 0. The average molecular weight is 398 g/mol. The summed E-state index contributed by atoms with van der Waals surface area (Å²) < 4.78 is 44.7. The Bertz CT molecular complexity index is 795. The van der Waals surface area contributed by atoms with E-state index in [0.717, 1.165) is 0 Å². The number of benzene rings is 1. The van der Waals surface area contributed by atoms with Gasteiger partial charge in [0.05, 0.1) is 17.6 Å². The summed E-state index contributed by atoms with van der Waals surface area (Å²) in [6.45, 7) is 7.69. The van der Waals surface area contributed by atoms with E-state index >= 15 is 0 Å². The zero-order chi connectivity index (χ0) is 19.6. The largest absolute Gasteiger partial charge is 0.486 e. The van der Waals surface area contributed by atoms with Crippen LogP contribution in [0.4, 0.5) is 0 Å². The van der Waals surface area contributed by atoms with Crippen LogP contribution in [0.15, 0.2) is 23.1 Å². The van der Waals surface area contributed by atoms with Crippen molar-refractivity contribution in [3.8, 4) is 11.5 Å². The topological polar surface area (TPSA) is 94.2 Å². The molecule has 27 heavy (non-hydrogen) atoms. The predicted octanol–water partition coefficient (Wildman–Crippen LogP) is 1.01. The number of amides is 1. The average Bonchev–Trinajstić information content (AvgIpc) is 2.65. The molecule has 3 rings (SSSR count). The van der Waals surface area contributed by atoms with Crippen LogP contribution < -0.4 is 14.2 Å². The number of carbonyl (C=O) groups is 1. The Hall–Kier alpha value is -1.84. The second kappa shape index (κ2) is 8.04. The third-order valence-corrected chi connectivity index (χ3v) is 6.03. The lowest BCUT2D eigenvalue weighted by Gasteiger charge is -2.34. The fraction of sp³-hybridized carbons (Fsp3) is 0.611. The van der Waals surface area contributed by atoms with Crippen LogP contribution in [0.25, 0.3) is 0 Å². The normalized spacial score (nSPS) is 21.2. The number of hydrogen-bond acceptors (Lipinski definition) is 6. The van der Waals surface area contributed by atoms with Crippen molar-refractivity contribution in [3.05, 3.63) is 18.2 Å². The molecule has 0 spiro atoms. The van der Waals surface area contributed by atoms with E-state index in [1.54, 1.807) is 11.0 Å². The highest BCUT2D eigenvalue weighted by molar-refractivity contribution is 7.89. The maximum absolute atomic E-state index is 12.9. The summed E-state index contributed by atoms with van der Waals surface area (Å²) in [5.74, 6) is 0.460. The zero-order valence-corrected chi connectivity index (χ0v) is 16.6. The second-order valence-electron chi connectivity index (χ2n) is 7.11. The third-order valence-electron chi connectivity index (χ3n) is 4.59. The van der Waals surface area contributed by atoms with Gasteiger partial charge in [-0.1, -0.05) is 13.8 Å². The van der Waals surface area contributed by atoms with E-state index in [0.29, 0.717) is 44.4 Å². The standard InChI is InChI=1S/C18H26N2O6S/c1-12(2)17(18(21)20-6-7-24-13(3)11-20)19-27(22,23)14-4-5-15-16(10-14)26-9-8-25-15/h4-5,10,12-13,17,19H,6-9,11H2,1-3H3/t13-,17-/m0/s1. The van der Waals surface area contributed by atoms with Crippen molar-refractivity contribution < 1.29 is 27.4 Å². The highest BCUT2D eigenvalue weighted by Gasteiger charge is 2.33. The summed E-state index contributed by atoms with van der Waals surface area (Å²) in [6.07, 6.45) is -0.0649. The van der Waals surface area contributed by atoms with Crippen LogP contribution in [0.1, 0.15) is 20.8 Å². The van der Waals surface area contributed by atoms with Gasteiger partial charge in [0, 0.05) is 19.2 Å². The molecule has 0 aliphatic carbocycles. The van der Waals surface area contributed by atoms with E-state index < -0.39 is 16.1 Å². The fourth-order valence-corrected chi connectivity index (χ4v) is 4.47. The minimum absolute atomic E-state index is 0.0422. The number of rotatable bonds is 5. The van der Waals surface area contributed by atoms with Crippen molar-refractivity contribution >= 4 is 15.9 Å². The molecule has 1 N–H and O–H groups in total. The van der Waals surface area contributed by atoms with Crippen molar-refractivity contribution in [2.24, 2.45) is 5.92 Å². The second-order valence-corrected chi connectivity index (χ2v) is 8.83. The summed E-state index contributed by atoms with van der Waals surface area (Å²) >= 11 is 0. The maximum Gasteiger partial charge on any atom is 0.241 e. The number of hydrogen-bond donors (Lipinski definition) is 1. The number of fused-ring (bicyclic) bond motifs is 1. The molecule has 0 saturated carbocycles. The molecule has 1 fully saturated rings. The quantitative estimate of drug-likeness (QED) is 0.796. The first kappa shape index (κ1) is 19.9. The Balaban J connectivity index is 1.79. The molecule has 1 aromatic rings. The Morgan fingerprint density at radius 1 is 1.19 bits per heavy atom. The first-order valence-corrected chi connectivity index (χ1v) is 10.6. The molecule has 8 nitrogen and oxygen atoms in total. The van der Waals surface area contributed by atoms with Gasteiger partial charge in [-0.3, -0.25) is 4.79 Å². The number of sulfonamides is 1. The molecule has 2 atom stereocenters. The van der Waals surface area contributed by atoms with E-state index in [4.69, 9.17) is 14.2 Å². The maximum atomic E-state index is 12.9. The minimum Gasteiger partial charge on any atom is -0.486 e. The summed E-state index contributed by atoms with van der Waals surface area (Å²) in [7, 11) is -3.90. The Morgan fingerprint density at radius 2 is 1.89 bits per heavy atom. The molecular formula is C18H26N2O6S. The smallest absolute Gasteiger partial charge is 0.241 e. The van der Waals surface area contributed by atoms with Gasteiger partial charge < -0.3 is 19.1 Å². The van der Waals surface area contributed by atoms with Crippen LogP contribution in [0.3, 0.4) is 0 Å². The number of nitrogens with one attached hydrogen (secondary N) is 1. The first-order valence-electron chi connectivity index (χ1n) is 9.10. The number of nitrogens with zero attached hydrogens (tertiary/aromatic N) is 1. The van der Waals surface area contributed by atoms with Crippen molar-refractivity contribution in [2.75, 3.05) is 32.9 Å². The lowest BCUT2D eigenvalue weighted by molar-refractivity contribution is -0.141. The van der Waals surface area contributed by atoms with Gasteiger partial charge in [-0.25, -0.2) is 8.42 Å². The van der Waals surface area contributed by atoms with Crippen molar-refractivity contribution in [1.82, 2.24) is 9.62 Å². The van der Waals surface area contributed by atoms with Gasteiger partial charge >= 0.3 is 0 Å². The van der Waals surface area contributed by atoms with Gasteiger partial charge in [0.25, 0.3) is 0 Å². The minimum atomic E-state index is -3.90. The first-order chi connectivity index (χ1) is 12.8. The molecule has 9 heteroatoms. The Labute approximate surface area is 159 Å². The number of carbonyl (C=O) groups excluding carboxylic acids is 1. The SMILES string of the molecule is CC(C)[C@H](NS(=O)(=O)c1ccc2c(c1)OCCO2)C(=O)N1CCO[C@@H](C)C1. The van der Waals surface area contributed by atoms with Crippen molar-refractivity contribution in [3.63, 3.8) is 0 Å². The zero-order valence-electron chi connectivity index (χ0n) is 15.8. The molecule has 1 amide bonds. The Morgan fingerprint density at radius 3 is 2.56 bits per heavy atom. The van der Waals surface area contributed by atoms with Crippen LogP contribution >= 0.6 is 0 Å². The molecule has 0 bridgehead atoms. The van der Waals surface area contributed by atoms with E-state index in [-0.39, 0.29) is 22.8 Å². The number of ether oxygens (including phenoxy) is 3. The lowest BCUT2D eigenvalue weighted by Crippen LogP contribution is -2.55. The third kappa shape index (κ3) is 4.53. The molecule has 2 heterocycles. The highest BCUT2D eigenvalue weighted by atomic mass is 32.2. The summed E-state index contributed by atoms with van der Waals surface area (Å²) in [5, 5.41) is 0. The highest BCUT2D eigenvalue weighted by Crippen LogP contribution is 2.32. The predicted molar refractivity (Wildman–Crippen MR) is 98.4 cm³/mol. The van der Waals surface area contributed by atoms with E-state index in [1.807, 2.05) is 20.8 Å². The van der Waals surface area contributed by atoms with Gasteiger partial charge in [0.1, 0.15) is 19.3 Å². The Kier molecular flexibility index (Phi) is 5.92. The molecule has 0 unspecified atom stereocenters.